The molecule has 0 radical (unpaired) electrons. The largest absolute Gasteiger partial charge is 0.296 e. The molecule has 0 bridgehead atoms. The number of carbonyl (C=O) groups is 2. The molecule has 1 aliphatic rings. The average Bonchev–Trinajstić information content (AvgIpc) is 2.52. The Labute approximate surface area is 138 Å². The molecule has 0 saturated heterocycles. The average molecular weight is 317 g/mol. The predicted molar refractivity (Wildman–Crippen MR) is 92.9 cm³/mol. The number of nitroso groups, excluding NO2 is 1. The van der Waals surface area contributed by atoms with Gasteiger partial charge in [0.05, 0.1) is 0 Å². The maximum absolute atomic E-state index is 12.6. The fraction of sp³-hybridized carbons (Fsp3) is 0.579. The van der Waals surface area contributed by atoms with Crippen LogP contribution in [0.3, 0.4) is 0 Å². The van der Waals surface area contributed by atoms with E-state index in [1.807, 2.05) is 19.9 Å². The van der Waals surface area contributed by atoms with Gasteiger partial charge in [0.2, 0.25) is 0 Å². The highest BCUT2D eigenvalue weighted by atomic mass is 16.3. The molecule has 1 unspecified atom stereocenters. The van der Waals surface area contributed by atoms with Crippen LogP contribution < -0.4 is 0 Å². The first-order valence-corrected chi connectivity index (χ1v) is 8.45. The van der Waals surface area contributed by atoms with Crippen LogP contribution in [0, 0.1) is 10.8 Å². The van der Waals surface area contributed by atoms with Crippen LogP contribution in [0.25, 0.3) is 0 Å². The van der Waals surface area contributed by atoms with E-state index in [9.17, 15) is 14.5 Å². The highest BCUT2D eigenvalue weighted by Crippen LogP contribution is 2.31. The second-order valence-electron chi connectivity index (χ2n) is 6.33. The number of hydrogen-bond donors (Lipinski definition) is 0. The normalized spacial score (nSPS) is 19.7. The van der Waals surface area contributed by atoms with Gasteiger partial charge in [0.15, 0.2) is 17.8 Å². The van der Waals surface area contributed by atoms with Gasteiger partial charge in [0.1, 0.15) is 0 Å². The second kappa shape index (κ2) is 10.0. The maximum Gasteiger partial charge on any atom is 0.184 e. The molecule has 1 aliphatic carbocycles. The Bertz CT molecular complexity index is 531. The monoisotopic (exact) mass is 317 g/mol. The minimum absolute atomic E-state index is 0.186. The summed E-state index contributed by atoms with van der Waals surface area (Å²) in [6, 6.07) is 0. The van der Waals surface area contributed by atoms with Crippen LogP contribution in [0.5, 0.6) is 0 Å². The molecule has 0 N–H and O–H groups in total. The summed E-state index contributed by atoms with van der Waals surface area (Å²) in [4.78, 5) is 34.8. The molecule has 0 aromatic carbocycles. The van der Waals surface area contributed by atoms with E-state index in [1.54, 1.807) is 6.08 Å². The van der Waals surface area contributed by atoms with Crippen molar-refractivity contribution >= 4 is 12.1 Å². The number of nitrogens with zero attached hydrogens (tertiary/aromatic N) is 1. The Balaban J connectivity index is 3.06. The summed E-state index contributed by atoms with van der Waals surface area (Å²) < 4.78 is 0. The molecule has 1 rings (SSSR count). The molecule has 0 aromatic rings. The van der Waals surface area contributed by atoms with Gasteiger partial charge in [0.25, 0.3) is 0 Å². The predicted octanol–water partition coefficient (Wildman–Crippen LogP) is 5.05. The van der Waals surface area contributed by atoms with Gasteiger partial charge in [0, 0.05) is 11.5 Å². The van der Waals surface area contributed by atoms with E-state index in [0.717, 1.165) is 50.5 Å². The van der Waals surface area contributed by atoms with Crippen molar-refractivity contribution in [3.05, 3.63) is 39.5 Å². The van der Waals surface area contributed by atoms with Crippen molar-refractivity contribution in [2.75, 3.05) is 0 Å². The van der Waals surface area contributed by atoms with E-state index >= 15 is 0 Å². The lowest BCUT2D eigenvalue weighted by Gasteiger charge is -2.21. The fourth-order valence-electron chi connectivity index (χ4n) is 3.00. The van der Waals surface area contributed by atoms with Gasteiger partial charge in [-0.25, -0.2) is 0 Å². The highest BCUT2D eigenvalue weighted by molar-refractivity contribution is 6.08. The third-order valence-corrected chi connectivity index (χ3v) is 4.25. The van der Waals surface area contributed by atoms with Crippen LogP contribution in [0.2, 0.25) is 0 Å². The Morgan fingerprint density at radius 2 is 2.13 bits per heavy atom. The highest BCUT2D eigenvalue weighted by Gasteiger charge is 2.25. The molecule has 0 spiro atoms. The molecule has 0 heterocycles. The maximum atomic E-state index is 12.6. The van der Waals surface area contributed by atoms with Crippen molar-refractivity contribution < 1.29 is 9.59 Å². The fourth-order valence-corrected chi connectivity index (χ4v) is 3.00. The lowest BCUT2D eigenvalue weighted by Crippen LogP contribution is -2.16. The van der Waals surface area contributed by atoms with E-state index < -0.39 is 0 Å². The number of hydrogen-bond acceptors (Lipinski definition) is 4. The van der Waals surface area contributed by atoms with Gasteiger partial charge in [-0.15, -0.1) is 4.91 Å². The summed E-state index contributed by atoms with van der Waals surface area (Å²) in [6.07, 6.45) is 10.8. The van der Waals surface area contributed by atoms with E-state index in [1.165, 1.54) is 5.57 Å². The summed E-state index contributed by atoms with van der Waals surface area (Å²) in [6.45, 7) is 6.06. The van der Waals surface area contributed by atoms with Crippen molar-refractivity contribution in [1.29, 1.82) is 0 Å². The van der Waals surface area contributed by atoms with Crippen molar-refractivity contribution in [2.45, 2.75) is 65.7 Å². The van der Waals surface area contributed by atoms with E-state index in [4.69, 9.17) is 0 Å². The van der Waals surface area contributed by atoms with E-state index in [2.05, 4.69) is 12.1 Å². The van der Waals surface area contributed by atoms with E-state index in [-0.39, 0.29) is 23.0 Å². The molecule has 0 aliphatic heterocycles. The van der Waals surface area contributed by atoms with Gasteiger partial charge in [-0.3, -0.25) is 9.59 Å². The van der Waals surface area contributed by atoms with Crippen LogP contribution in [0.15, 0.2) is 39.7 Å². The molecule has 23 heavy (non-hydrogen) atoms. The molecular weight excluding hydrogens is 290 g/mol. The Morgan fingerprint density at radius 3 is 2.70 bits per heavy atom. The standard InChI is InChI=1S/C19H27NO3/c1-4-5-6-8-15(3)12-18(22)19(17(13-21)20-23)16-10-7-9-14(2)11-16/h11-13,16H,4-10H2,1-3H3/b15-12+,19-17+. The zero-order valence-corrected chi connectivity index (χ0v) is 14.4. The zero-order chi connectivity index (χ0) is 17.2. The van der Waals surface area contributed by atoms with Gasteiger partial charge < -0.3 is 0 Å². The summed E-state index contributed by atoms with van der Waals surface area (Å²) in [7, 11) is 0. The molecule has 4 heteroatoms. The van der Waals surface area contributed by atoms with Crippen LogP contribution >= 0.6 is 0 Å². The zero-order valence-electron chi connectivity index (χ0n) is 14.4. The number of unbranched alkanes of at least 4 members (excludes halogenated alkanes) is 2. The number of allylic oxidation sites excluding steroid dienone is 6. The molecule has 4 nitrogen and oxygen atoms in total. The Morgan fingerprint density at radius 1 is 1.39 bits per heavy atom. The molecule has 0 amide bonds. The number of rotatable bonds is 9. The van der Waals surface area contributed by atoms with Crippen LogP contribution in [0.4, 0.5) is 0 Å². The number of ketones is 1. The number of aldehydes is 1. The summed E-state index contributed by atoms with van der Waals surface area (Å²) >= 11 is 0. The van der Waals surface area contributed by atoms with Crippen LogP contribution in [0.1, 0.15) is 65.7 Å². The molecule has 0 saturated carbocycles. The summed E-state index contributed by atoms with van der Waals surface area (Å²) in [5, 5.41) is 2.79. The van der Waals surface area contributed by atoms with Crippen LogP contribution in [-0.4, -0.2) is 12.1 Å². The topological polar surface area (TPSA) is 63.6 Å². The second-order valence-corrected chi connectivity index (χ2v) is 6.33. The lowest BCUT2D eigenvalue weighted by atomic mass is 9.83. The number of carbonyl (C=O) groups excluding carboxylic acids is 2. The molecule has 126 valence electrons. The van der Waals surface area contributed by atoms with Gasteiger partial charge in [-0.05, 0) is 57.2 Å². The molecule has 1 atom stereocenters. The van der Waals surface area contributed by atoms with Gasteiger partial charge in [-0.1, -0.05) is 37.0 Å². The third kappa shape index (κ3) is 6.05. The quantitative estimate of drug-likeness (QED) is 0.196. The van der Waals surface area contributed by atoms with Crippen molar-refractivity contribution in [3.63, 3.8) is 0 Å². The molecule has 0 fully saturated rings. The van der Waals surface area contributed by atoms with Gasteiger partial charge >= 0.3 is 0 Å². The Kier molecular flexibility index (Phi) is 8.38. The van der Waals surface area contributed by atoms with Gasteiger partial charge in [-0.2, -0.15) is 0 Å². The Hall–Kier alpha value is -1.84. The van der Waals surface area contributed by atoms with Crippen LogP contribution in [-0.2, 0) is 9.59 Å². The van der Waals surface area contributed by atoms with Crippen molar-refractivity contribution in [1.82, 2.24) is 0 Å². The first kappa shape index (κ1) is 19.2. The molecule has 0 aromatic heterocycles. The SMILES string of the molecule is CCCCC/C(C)=C/C(=O)/C(=C(\C=O)N=O)C1C=C(C)CCC1. The first-order chi connectivity index (χ1) is 11.0. The minimum atomic E-state index is -0.261. The first-order valence-electron chi connectivity index (χ1n) is 8.45. The molecular formula is C19H27NO3. The minimum Gasteiger partial charge on any atom is -0.296 e. The van der Waals surface area contributed by atoms with E-state index in [0.29, 0.717) is 6.29 Å². The smallest absolute Gasteiger partial charge is 0.184 e. The third-order valence-electron chi connectivity index (χ3n) is 4.25. The summed E-state index contributed by atoms with van der Waals surface area (Å²) in [5.74, 6) is -0.439. The summed E-state index contributed by atoms with van der Waals surface area (Å²) in [5.41, 5.74) is 2.16. The lowest BCUT2D eigenvalue weighted by molar-refractivity contribution is -0.112. The van der Waals surface area contributed by atoms with Crippen molar-refractivity contribution in [3.8, 4) is 0 Å². The van der Waals surface area contributed by atoms with Crippen molar-refractivity contribution in [2.24, 2.45) is 11.1 Å².